The van der Waals surface area contributed by atoms with Crippen LogP contribution in [0, 0.1) is 5.82 Å². The van der Waals surface area contributed by atoms with E-state index in [9.17, 15) is 18.8 Å². The van der Waals surface area contributed by atoms with E-state index in [1.54, 1.807) is 19.1 Å². The number of imidazole rings is 1. The molecular weight excluding hydrogens is 389 g/mol. The Morgan fingerprint density at radius 1 is 1.25 bits per heavy atom. The van der Waals surface area contributed by atoms with Crippen molar-refractivity contribution in [2.45, 2.75) is 20.0 Å². The van der Waals surface area contributed by atoms with Crippen molar-refractivity contribution in [3.8, 4) is 0 Å². The Labute approximate surface area is 164 Å². The van der Waals surface area contributed by atoms with E-state index in [1.165, 1.54) is 40.3 Å². The summed E-state index contributed by atoms with van der Waals surface area (Å²) < 4.78 is 16.8. The number of halogens is 2. The van der Waals surface area contributed by atoms with Crippen LogP contribution in [0.25, 0.3) is 11.2 Å². The third-order valence-electron chi connectivity index (χ3n) is 4.59. The Balaban J connectivity index is 1.97. The maximum absolute atomic E-state index is 13.4. The van der Waals surface area contributed by atoms with Gasteiger partial charge in [0.1, 0.15) is 12.4 Å². The number of likely N-dealkylation sites (N-methyl/N-ethyl adjacent to an activating group) is 1. The molecule has 0 bridgehead atoms. The molecule has 10 heteroatoms. The largest absolute Gasteiger partial charge is 0.337 e. The predicted molar refractivity (Wildman–Crippen MR) is 103 cm³/mol. The zero-order chi connectivity index (χ0) is 20.6. The summed E-state index contributed by atoms with van der Waals surface area (Å²) in [4.78, 5) is 43.0. The van der Waals surface area contributed by atoms with Crippen molar-refractivity contribution in [1.29, 1.82) is 0 Å². The van der Waals surface area contributed by atoms with Gasteiger partial charge in [-0.05, 0) is 36.2 Å². The van der Waals surface area contributed by atoms with Crippen molar-refractivity contribution in [3.63, 3.8) is 0 Å². The van der Waals surface area contributed by atoms with Gasteiger partial charge in [0.05, 0.1) is 0 Å². The minimum Gasteiger partial charge on any atom is -0.337 e. The summed E-state index contributed by atoms with van der Waals surface area (Å²) in [6, 6.07) is 6.00. The summed E-state index contributed by atoms with van der Waals surface area (Å²) >= 11 is 6.16. The summed E-state index contributed by atoms with van der Waals surface area (Å²) in [7, 11) is 2.82. The molecule has 0 aliphatic rings. The second-order valence-corrected chi connectivity index (χ2v) is 6.72. The number of carbonyl (C=O) groups excluding carboxylic acids is 1. The van der Waals surface area contributed by atoms with E-state index in [1.807, 2.05) is 0 Å². The molecule has 148 valence electrons. The van der Waals surface area contributed by atoms with Gasteiger partial charge in [0, 0.05) is 27.2 Å². The highest BCUT2D eigenvalue weighted by atomic mass is 35.5. The van der Waals surface area contributed by atoms with Gasteiger partial charge in [-0.1, -0.05) is 12.1 Å². The lowest BCUT2D eigenvalue weighted by atomic mass is 10.2. The Morgan fingerprint density at radius 2 is 1.96 bits per heavy atom. The number of benzene rings is 1. The minimum atomic E-state index is -0.585. The summed E-state index contributed by atoms with van der Waals surface area (Å²) in [5.74, 6) is -0.696. The topological polar surface area (TPSA) is 82.1 Å². The van der Waals surface area contributed by atoms with Crippen LogP contribution in [0.4, 0.5) is 4.39 Å². The molecule has 3 aromatic rings. The molecule has 0 aliphatic carbocycles. The number of nitrogens with zero attached hydrogens (tertiary/aromatic N) is 5. The van der Waals surface area contributed by atoms with Crippen molar-refractivity contribution in [3.05, 3.63) is 61.8 Å². The molecule has 1 aromatic carbocycles. The first-order valence-electron chi connectivity index (χ1n) is 8.58. The van der Waals surface area contributed by atoms with Crippen LogP contribution in [0.15, 0.2) is 33.9 Å². The summed E-state index contributed by atoms with van der Waals surface area (Å²) in [5.41, 5.74) is -0.288. The van der Waals surface area contributed by atoms with Crippen LogP contribution in [0.3, 0.4) is 0 Å². The SMILES string of the molecule is CCN(Cc1cccc(F)c1)C(=O)Cn1c(Cl)nc2c1c(=O)n(C)c(=O)n2C. The molecule has 0 spiro atoms. The first-order valence-corrected chi connectivity index (χ1v) is 8.96. The lowest BCUT2D eigenvalue weighted by Crippen LogP contribution is -2.38. The molecule has 0 fully saturated rings. The van der Waals surface area contributed by atoms with E-state index in [0.717, 1.165) is 4.57 Å². The van der Waals surface area contributed by atoms with Crippen molar-refractivity contribution in [2.75, 3.05) is 6.54 Å². The molecule has 0 saturated heterocycles. The zero-order valence-corrected chi connectivity index (χ0v) is 16.4. The molecule has 0 atom stereocenters. The summed E-state index contributed by atoms with van der Waals surface area (Å²) in [6.07, 6.45) is 0. The molecule has 0 N–H and O–H groups in total. The van der Waals surface area contributed by atoms with E-state index < -0.39 is 11.2 Å². The number of carbonyl (C=O) groups is 1. The van der Waals surface area contributed by atoms with Gasteiger partial charge in [-0.2, -0.15) is 4.98 Å². The fraction of sp³-hybridized carbons (Fsp3) is 0.333. The van der Waals surface area contributed by atoms with E-state index in [2.05, 4.69) is 4.98 Å². The van der Waals surface area contributed by atoms with Crippen LogP contribution >= 0.6 is 11.6 Å². The van der Waals surface area contributed by atoms with Crippen molar-refractivity contribution in [1.82, 2.24) is 23.6 Å². The van der Waals surface area contributed by atoms with E-state index in [0.29, 0.717) is 12.1 Å². The molecule has 8 nitrogen and oxygen atoms in total. The molecule has 3 rings (SSSR count). The van der Waals surface area contributed by atoms with Crippen LogP contribution in [0.2, 0.25) is 5.28 Å². The minimum absolute atomic E-state index is 0.0662. The van der Waals surface area contributed by atoms with Gasteiger partial charge < -0.3 is 4.90 Å². The first kappa shape index (κ1) is 19.8. The van der Waals surface area contributed by atoms with Gasteiger partial charge in [0.2, 0.25) is 11.2 Å². The lowest BCUT2D eigenvalue weighted by Gasteiger charge is -2.21. The van der Waals surface area contributed by atoms with Gasteiger partial charge in [-0.15, -0.1) is 0 Å². The number of amides is 1. The maximum atomic E-state index is 13.4. The number of aryl methyl sites for hydroxylation is 1. The van der Waals surface area contributed by atoms with E-state index >= 15 is 0 Å². The highest BCUT2D eigenvalue weighted by Gasteiger charge is 2.21. The number of rotatable bonds is 5. The van der Waals surface area contributed by atoms with Gasteiger partial charge in [0.25, 0.3) is 5.56 Å². The van der Waals surface area contributed by atoms with Crippen LogP contribution in [-0.4, -0.2) is 36.0 Å². The molecule has 0 saturated carbocycles. The first-order chi connectivity index (χ1) is 13.2. The quantitative estimate of drug-likeness (QED) is 0.596. The van der Waals surface area contributed by atoms with Gasteiger partial charge in [-0.3, -0.25) is 23.3 Å². The van der Waals surface area contributed by atoms with Crippen LogP contribution in [0.5, 0.6) is 0 Å². The van der Waals surface area contributed by atoms with Crippen LogP contribution in [0.1, 0.15) is 12.5 Å². The molecule has 0 unspecified atom stereocenters. The maximum Gasteiger partial charge on any atom is 0.332 e. The molecular formula is C18H19ClFN5O3. The Kier molecular flexibility index (Phi) is 5.37. The normalized spacial score (nSPS) is 11.2. The van der Waals surface area contributed by atoms with Crippen LogP contribution < -0.4 is 11.2 Å². The van der Waals surface area contributed by atoms with E-state index in [-0.39, 0.29) is 41.3 Å². The summed E-state index contributed by atoms with van der Waals surface area (Å²) in [6.45, 7) is 2.17. The second kappa shape index (κ2) is 7.59. The molecule has 0 radical (unpaired) electrons. The fourth-order valence-corrected chi connectivity index (χ4v) is 3.26. The van der Waals surface area contributed by atoms with Crippen molar-refractivity contribution >= 4 is 28.7 Å². The highest BCUT2D eigenvalue weighted by Crippen LogP contribution is 2.16. The van der Waals surface area contributed by atoms with Gasteiger partial charge >= 0.3 is 5.69 Å². The number of aromatic nitrogens is 4. The van der Waals surface area contributed by atoms with Gasteiger partial charge in [-0.25, -0.2) is 9.18 Å². The lowest BCUT2D eigenvalue weighted by molar-refractivity contribution is -0.132. The molecule has 2 heterocycles. The fourth-order valence-electron chi connectivity index (χ4n) is 3.03. The second-order valence-electron chi connectivity index (χ2n) is 6.38. The molecule has 2 aromatic heterocycles. The Morgan fingerprint density at radius 3 is 2.61 bits per heavy atom. The number of hydrogen-bond donors (Lipinski definition) is 0. The van der Waals surface area contributed by atoms with Crippen molar-refractivity contribution in [2.24, 2.45) is 14.1 Å². The number of fused-ring (bicyclic) bond motifs is 1. The average molecular weight is 408 g/mol. The molecule has 0 aliphatic heterocycles. The standard InChI is InChI=1S/C18H19ClFN5O3/c1-4-24(9-11-6-5-7-12(20)8-11)13(26)10-25-14-15(21-17(25)19)22(2)18(28)23(3)16(14)27/h5-8H,4,9-10H2,1-3H3. The van der Waals surface area contributed by atoms with Gasteiger partial charge in [0.15, 0.2) is 11.2 Å². The third kappa shape index (κ3) is 3.45. The Bertz CT molecular complexity index is 1180. The van der Waals surface area contributed by atoms with E-state index in [4.69, 9.17) is 11.6 Å². The highest BCUT2D eigenvalue weighted by molar-refractivity contribution is 6.29. The molecule has 28 heavy (non-hydrogen) atoms. The zero-order valence-electron chi connectivity index (χ0n) is 15.6. The predicted octanol–water partition coefficient (Wildman–Crippen LogP) is 1.27. The van der Waals surface area contributed by atoms with Crippen molar-refractivity contribution < 1.29 is 9.18 Å². The third-order valence-corrected chi connectivity index (χ3v) is 4.88. The molecule has 1 amide bonds. The number of hydrogen-bond acceptors (Lipinski definition) is 4. The average Bonchev–Trinajstić information content (AvgIpc) is 2.99. The summed E-state index contributed by atoms with van der Waals surface area (Å²) in [5, 5.41) is -0.0662. The monoisotopic (exact) mass is 407 g/mol. The van der Waals surface area contributed by atoms with Crippen LogP contribution in [-0.2, 0) is 32.0 Å². The smallest absolute Gasteiger partial charge is 0.332 e. The Hall–Kier alpha value is -2.94.